The SMILES string of the molecule is Cc1ccc(CNCC(C)(C)CCCCl)c(Cl)c1. The molecule has 3 heteroatoms. The average Bonchev–Trinajstić information content (AvgIpc) is 2.29. The topological polar surface area (TPSA) is 12.0 Å². The molecule has 0 spiro atoms. The van der Waals surface area contributed by atoms with Gasteiger partial charge in [-0.25, -0.2) is 0 Å². The Morgan fingerprint density at radius 2 is 2.00 bits per heavy atom. The van der Waals surface area contributed by atoms with Crippen molar-refractivity contribution in [1.29, 1.82) is 0 Å². The van der Waals surface area contributed by atoms with Crippen LogP contribution in [0.2, 0.25) is 5.02 Å². The van der Waals surface area contributed by atoms with E-state index < -0.39 is 0 Å². The lowest BCUT2D eigenvalue weighted by molar-refractivity contribution is 0.311. The highest BCUT2D eigenvalue weighted by Crippen LogP contribution is 2.22. The third-order valence-electron chi connectivity index (χ3n) is 3.11. The van der Waals surface area contributed by atoms with E-state index in [1.807, 2.05) is 6.07 Å². The Morgan fingerprint density at radius 1 is 1.28 bits per heavy atom. The van der Waals surface area contributed by atoms with Gasteiger partial charge in [-0.1, -0.05) is 37.6 Å². The summed E-state index contributed by atoms with van der Waals surface area (Å²) in [5, 5.41) is 4.33. The third kappa shape index (κ3) is 5.60. The van der Waals surface area contributed by atoms with Crippen LogP contribution in [0, 0.1) is 12.3 Å². The summed E-state index contributed by atoms with van der Waals surface area (Å²) in [6.45, 7) is 8.39. The fourth-order valence-electron chi connectivity index (χ4n) is 1.97. The lowest BCUT2D eigenvalue weighted by atomic mass is 9.88. The molecule has 18 heavy (non-hydrogen) atoms. The molecule has 102 valence electrons. The molecule has 0 aliphatic carbocycles. The Labute approximate surface area is 121 Å². The highest BCUT2D eigenvalue weighted by Gasteiger charge is 2.16. The minimum Gasteiger partial charge on any atom is -0.312 e. The second-order valence-corrected chi connectivity index (χ2v) is 6.44. The van der Waals surface area contributed by atoms with E-state index in [0.29, 0.717) is 0 Å². The Balaban J connectivity index is 2.41. The summed E-state index contributed by atoms with van der Waals surface area (Å²) >= 11 is 11.9. The van der Waals surface area contributed by atoms with Crippen LogP contribution < -0.4 is 5.32 Å². The smallest absolute Gasteiger partial charge is 0.0453 e. The molecule has 0 aromatic heterocycles. The molecule has 0 saturated heterocycles. The highest BCUT2D eigenvalue weighted by atomic mass is 35.5. The maximum atomic E-state index is 6.21. The molecule has 0 saturated carbocycles. The summed E-state index contributed by atoms with van der Waals surface area (Å²) in [4.78, 5) is 0. The van der Waals surface area contributed by atoms with Crippen LogP contribution >= 0.6 is 23.2 Å². The van der Waals surface area contributed by atoms with Gasteiger partial charge in [0.1, 0.15) is 0 Å². The number of alkyl halides is 1. The van der Waals surface area contributed by atoms with E-state index in [1.165, 1.54) is 5.56 Å². The minimum atomic E-state index is 0.284. The number of halogens is 2. The zero-order valence-corrected chi connectivity index (χ0v) is 13.0. The van der Waals surface area contributed by atoms with Crippen molar-refractivity contribution in [2.24, 2.45) is 5.41 Å². The molecule has 0 atom stereocenters. The van der Waals surface area contributed by atoms with Gasteiger partial charge in [0.2, 0.25) is 0 Å². The van der Waals surface area contributed by atoms with Crippen molar-refractivity contribution in [3.63, 3.8) is 0 Å². The van der Waals surface area contributed by atoms with Crippen molar-refractivity contribution in [3.8, 4) is 0 Å². The highest BCUT2D eigenvalue weighted by molar-refractivity contribution is 6.31. The van der Waals surface area contributed by atoms with Crippen molar-refractivity contribution < 1.29 is 0 Å². The number of nitrogens with one attached hydrogen (secondary N) is 1. The van der Waals surface area contributed by atoms with E-state index in [-0.39, 0.29) is 5.41 Å². The maximum Gasteiger partial charge on any atom is 0.0453 e. The molecule has 0 fully saturated rings. The van der Waals surface area contributed by atoms with Crippen LogP contribution in [-0.4, -0.2) is 12.4 Å². The monoisotopic (exact) mass is 287 g/mol. The van der Waals surface area contributed by atoms with Crippen molar-refractivity contribution in [2.45, 2.75) is 40.2 Å². The van der Waals surface area contributed by atoms with Gasteiger partial charge in [-0.05, 0) is 42.4 Å². The first kappa shape index (κ1) is 15.8. The molecule has 1 aromatic rings. The first-order chi connectivity index (χ1) is 8.44. The predicted octanol–water partition coefficient (Wildman–Crippen LogP) is 4.78. The molecular weight excluding hydrogens is 265 g/mol. The summed E-state index contributed by atoms with van der Waals surface area (Å²) in [5.74, 6) is 0.743. The standard InChI is InChI=1S/C15H23Cl2N/c1-12-5-6-13(14(17)9-12)10-18-11-15(2,3)7-4-8-16/h5-6,9,18H,4,7-8,10-11H2,1-3H3. The normalized spacial score (nSPS) is 11.8. The van der Waals surface area contributed by atoms with E-state index in [4.69, 9.17) is 23.2 Å². The van der Waals surface area contributed by atoms with Gasteiger partial charge >= 0.3 is 0 Å². The Bertz CT molecular complexity index is 375. The first-order valence-electron chi connectivity index (χ1n) is 6.46. The second-order valence-electron chi connectivity index (χ2n) is 5.66. The predicted molar refractivity (Wildman–Crippen MR) is 81.6 cm³/mol. The van der Waals surface area contributed by atoms with Crippen LogP contribution in [0.25, 0.3) is 0 Å². The van der Waals surface area contributed by atoms with Gasteiger partial charge in [0, 0.05) is 24.0 Å². The van der Waals surface area contributed by atoms with Gasteiger partial charge in [-0.15, -0.1) is 11.6 Å². The van der Waals surface area contributed by atoms with Gasteiger partial charge in [-0.2, -0.15) is 0 Å². The molecule has 1 nitrogen and oxygen atoms in total. The van der Waals surface area contributed by atoms with Crippen molar-refractivity contribution in [2.75, 3.05) is 12.4 Å². The van der Waals surface area contributed by atoms with Gasteiger partial charge in [0.15, 0.2) is 0 Å². The fourth-order valence-corrected chi connectivity index (χ4v) is 2.40. The van der Waals surface area contributed by atoms with E-state index in [0.717, 1.165) is 42.4 Å². The van der Waals surface area contributed by atoms with Crippen molar-refractivity contribution in [3.05, 3.63) is 34.3 Å². The van der Waals surface area contributed by atoms with Crippen molar-refractivity contribution >= 4 is 23.2 Å². The molecular formula is C15H23Cl2N. The van der Waals surface area contributed by atoms with Crippen LogP contribution in [0.1, 0.15) is 37.8 Å². The summed E-state index contributed by atoms with van der Waals surface area (Å²) < 4.78 is 0. The molecule has 0 unspecified atom stereocenters. The second kappa shape index (κ2) is 7.37. The van der Waals surface area contributed by atoms with Gasteiger partial charge in [0.05, 0.1) is 0 Å². The first-order valence-corrected chi connectivity index (χ1v) is 7.37. The van der Waals surface area contributed by atoms with Crippen molar-refractivity contribution in [1.82, 2.24) is 5.32 Å². The maximum absolute atomic E-state index is 6.21. The largest absolute Gasteiger partial charge is 0.312 e. The molecule has 0 amide bonds. The minimum absolute atomic E-state index is 0.284. The number of rotatable bonds is 7. The Morgan fingerprint density at radius 3 is 2.61 bits per heavy atom. The fraction of sp³-hybridized carbons (Fsp3) is 0.600. The average molecular weight is 288 g/mol. The lowest BCUT2D eigenvalue weighted by Crippen LogP contribution is -2.29. The van der Waals surface area contributed by atoms with Crippen LogP contribution in [0.3, 0.4) is 0 Å². The summed E-state index contributed by atoms with van der Waals surface area (Å²) in [7, 11) is 0. The number of hydrogen-bond donors (Lipinski definition) is 1. The number of benzene rings is 1. The summed E-state index contributed by atoms with van der Waals surface area (Å²) in [5.41, 5.74) is 2.65. The number of hydrogen-bond acceptors (Lipinski definition) is 1. The van der Waals surface area contributed by atoms with E-state index >= 15 is 0 Å². The Hall–Kier alpha value is -0.240. The number of aryl methyl sites for hydroxylation is 1. The molecule has 0 bridgehead atoms. The lowest BCUT2D eigenvalue weighted by Gasteiger charge is -2.24. The van der Waals surface area contributed by atoms with E-state index in [9.17, 15) is 0 Å². The van der Waals surface area contributed by atoms with E-state index in [1.54, 1.807) is 0 Å². The van der Waals surface area contributed by atoms with Crippen LogP contribution in [0.15, 0.2) is 18.2 Å². The quantitative estimate of drug-likeness (QED) is 0.712. The third-order valence-corrected chi connectivity index (χ3v) is 3.73. The zero-order valence-electron chi connectivity index (χ0n) is 11.5. The van der Waals surface area contributed by atoms with Crippen LogP contribution in [-0.2, 0) is 6.54 Å². The molecule has 0 aliphatic rings. The molecule has 0 radical (unpaired) electrons. The summed E-state index contributed by atoms with van der Waals surface area (Å²) in [6.07, 6.45) is 2.21. The zero-order chi connectivity index (χ0) is 13.6. The van der Waals surface area contributed by atoms with E-state index in [2.05, 4.69) is 38.2 Å². The van der Waals surface area contributed by atoms with Crippen LogP contribution in [0.4, 0.5) is 0 Å². The van der Waals surface area contributed by atoms with Crippen LogP contribution in [0.5, 0.6) is 0 Å². The van der Waals surface area contributed by atoms with Gasteiger partial charge < -0.3 is 5.32 Å². The molecule has 1 N–H and O–H groups in total. The molecule has 0 aliphatic heterocycles. The molecule has 1 aromatic carbocycles. The Kier molecular flexibility index (Phi) is 6.48. The van der Waals surface area contributed by atoms with Gasteiger partial charge in [0.25, 0.3) is 0 Å². The van der Waals surface area contributed by atoms with Gasteiger partial charge in [-0.3, -0.25) is 0 Å². The molecule has 0 heterocycles. The summed E-state index contributed by atoms with van der Waals surface area (Å²) in [6, 6.07) is 6.20. The molecule has 1 rings (SSSR count).